The Labute approximate surface area is 148 Å². The highest BCUT2D eigenvalue weighted by Gasteiger charge is 2.23. The summed E-state index contributed by atoms with van der Waals surface area (Å²) >= 11 is 0. The summed E-state index contributed by atoms with van der Waals surface area (Å²) in [5.41, 5.74) is 0.548. The van der Waals surface area contributed by atoms with Crippen molar-refractivity contribution in [3.05, 3.63) is 71.1 Å². The average molecular weight is 352 g/mol. The lowest BCUT2D eigenvalue weighted by Crippen LogP contribution is -2.16. The Kier molecular flexibility index (Phi) is 4.50. The van der Waals surface area contributed by atoms with Gasteiger partial charge >= 0.3 is 0 Å². The summed E-state index contributed by atoms with van der Waals surface area (Å²) in [6, 6.07) is 13.4. The molecule has 0 saturated heterocycles. The third kappa shape index (κ3) is 2.93. The zero-order valence-corrected chi connectivity index (χ0v) is 14.0. The number of hydrogen-bond acceptors (Lipinski definition) is 3. The molecule has 0 radical (unpaired) electrons. The summed E-state index contributed by atoms with van der Waals surface area (Å²) in [6.45, 7) is 1.48. The van der Waals surface area contributed by atoms with Crippen LogP contribution in [0.15, 0.2) is 42.5 Å². The SMILES string of the molecule is Cc1nn(C)c(F)c1C(=O)Nc1c(-c2ccccc2)ccc(C#N)c1F. The number of carbonyl (C=O) groups excluding carboxylic acids is 1. The maximum atomic E-state index is 14.7. The largest absolute Gasteiger partial charge is 0.319 e. The standard InChI is InChI=1S/C19H14F2N4O/c1-11-15(18(21)25(2)24-11)19(26)23-17-14(12-6-4-3-5-7-12)9-8-13(10-22)16(17)20/h3-9H,1-2H3,(H,23,26). The second-order valence-corrected chi connectivity index (χ2v) is 5.66. The van der Waals surface area contributed by atoms with E-state index < -0.39 is 17.7 Å². The number of aromatic nitrogens is 2. The third-order valence-electron chi connectivity index (χ3n) is 3.97. The first kappa shape index (κ1) is 17.3. The first-order valence-corrected chi connectivity index (χ1v) is 7.72. The first-order chi connectivity index (χ1) is 12.4. The predicted molar refractivity (Wildman–Crippen MR) is 92.4 cm³/mol. The molecule has 0 atom stereocenters. The molecule has 3 rings (SSSR count). The fraction of sp³-hybridized carbons (Fsp3) is 0.105. The van der Waals surface area contributed by atoms with Crippen LogP contribution in [0, 0.1) is 30.0 Å². The van der Waals surface area contributed by atoms with Gasteiger partial charge in [0.2, 0.25) is 5.95 Å². The van der Waals surface area contributed by atoms with Gasteiger partial charge in [0.05, 0.1) is 16.9 Å². The fourth-order valence-corrected chi connectivity index (χ4v) is 2.71. The van der Waals surface area contributed by atoms with Crippen LogP contribution in [-0.4, -0.2) is 15.7 Å². The summed E-state index contributed by atoms with van der Waals surface area (Å²) in [5, 5.41) is 15.3. The molecular formula is C19H14F2N4O. The minimum atomic E-state index is -0.871. The van der Waals surface area contributed by atoms with Crippen molar-refractivity contribution in [2.45, 2.75) is 6.92 Å². The van der Waals surface area contributed by atoms with Gasteiger partial charge in [-0.15, -0.1) is 0 Å². The number of rotatable bonds is 3. The van der Waals surface area contributed by atoms with Crippen LogP contribution in [0.4, 0.5) is 14.5 Å². The molecule has 1 heterocycles. The van der Waals surface area contributed by atoms with Crippen LogP contribution in [0.3, 0.4) is 0 Å². The van der Waals surface area contributed by atoms with Gasteiger partial charge in [-0.1, -0.05) is 36.4 Å². The van der Waals surface area contributed by atoms with Crippen LogP contribution in [-0.2, 0) is 7.05 Å². The van der Waals surface area contributed by atoms with E-state index in [0.717, 1.165) is 4.68 Å². The number of nitrogens with zero attached hydrogens (tertiary/aromatic N) is 3. The summed E-state index contributed by atoms with van der Waals surface area (Å²) in [7, 11) is 1.37. The van der Waals surface area contributed by atoms with Crippen LogP contribution < -0.4 is 5.32 Å². The monoisotopic (exact) mass is 352 g/mol. The number of halogens is 2. The van der Waals surface area contributed by atoms with E-state index in [4.69, 9.17) is 5.26 Å². The van der Waals surface area contributed by atoms with Crippen molar-refractivity contribution in [3.63, 3.8) is 0 Å². The number of amides is 1. The molecule has 0 fully saturated rings. The number of anilines is 1. The van der Waals surface area contributed by atoms with Gasteiger partial charge in [-0.05, 0) is 18.6 Å². The van der Waals surface area contributed by atoms with Gasteiger partial charge in [0.25, 0.3) is 5.91 Å². The Morgan fingerprint density at radius 1 is 1.19 bits per heavy atom. The molecule has 1 aromatic heterocycles. The number of nitrogens with one attached hydrogen (secondary N) is 1. The van der Waals surface area contributed by atoms with Gasteiger partial charge in [-0.25, -0.2) is 9.07 Å². The minimum Gasteiger partial charge on any atom is -0.319 e. The van der Waals surface area contributed by atoms with Crippen molar-refractivity contribution in [1.29, 1.82) is 5.26 Å². The highest BCUT2D eigenvalue weighted by molar-refractivity contribution is 6.07. The summed E-state index contributed by atoms with van der Waals surface area (Å²) < 4.78 is 29.8. The smallest absolute Gasteiger partial charge is 0.262 e. The van der Waals surface area contributed by atoms with E-state index in [1.165, 1.54) is 20.0 Å². The molecule has 7 heteroatoms. The highest BCUT2D eigenvalue weighted by Crippen LogP contribution is 2.32. The van der Waals surface area contributed by atoms with E-state index in [2.05, 4.69) is 10.4 Å². The molecule has 0 aliphatic rings. The van der Waals surface area contributed by atoms with E-state index in [9.17, 15) is 13.6 Å². The summed E-state index contributed by atoms with van der Waals surface area (Å²) in [4.78, 5) is 12.6. The molecule has 0 aliphatic carbocycles. The molecule has 130 valence electrons. The fourth-order valence-electron chi connectivity index (χ4n) is 2.71. The number of benzene rings is 2. The van der Waals surface area contributed by atoms with Gasteiger partial charge < -0.3 is 5.32 Å². The first-order valence-electron chi connectivity index (χ1n) is 7.72. The van der Waals surface area contributed by atoms with Crippen molar-refractivity contribution < 1.29 is 13.6 Å². The number of carbonyl (C=O) groups is 1. The maximum absolute atomic E-state index is 14.7. The van der Waals surface area contributed by atoms with E-state index in [1.807, 2.05) is 0 Å². The Morgan fingerprint density at radius 2 is 1.88 bits per heavy atom. The van der Waals surface area contributed by atoms with Gasteiger partial charge in [-0.2, -0.15) is 14.8 Å². The van der Waals surface area contributed by atoms with Gasteiger partial charge in [0.1, 0.15) is 11.6 Å². The Balaban J connectivity index is 2.11. The van der Waals surface area contributed by atoms with Gasteiger partial charge in [-0.3, -0.25) is 4.79 Å². The summed E-state index contributed by atoms with van der Waals surface area (Å²) in [5.74, 6) is -2.53. The molecule has 0 unspecified atom stereocenters. The van der Waals surface area contributed by atoms with Crippen molar-refractivity contribution in [2.75, 3.05) is 5.32 Å². The van der Waals surface area contributed by atoms with E-state index in [1.54, 1.807) is 42.5 Å². The van der Waals surface area contributed by atoms with Crippen molar-refractivity contribution in [1.82, 2.24) is 9.78 Å². The minimum absolute atomic E-state index is 0.178. The van der Waals surface area contributed by atoms with Gasteiger partial charge in [0, 0.05) is 12.6 Å². The molecule has 0 spiro atoms. The van der Waals surface area contributed by atoms with Crippen molar-refractivity contribution in [3.8, 4) is 17.2 Å². The lowest BCUT2D eigenvalue weighted by Gasteiger charge is -2.13. The van der Waals surface area contributed by atoms with Crippen LogP contribution >= 0.6 is 0 Å². The van der Waals surface area contributed by atoms with Crippen molar-refractivity contribution in [2.24, 2.45) is 7.05 Å². The quantitative estimate of drug-likeness (QED) is 0.779. The zero-order valence-electron chi connectivity index (χ0n) is 14.0. The molecule has 0 aliphatic heterocycles. The molecule has 3 aromatic rings. The third-order valence-corrected chi connectivity index (χ3v) is 3.97. The molecule has 1 amide bonds. The van der Waals surface area contributed by atoms with E-state index in [0.29, 0.717) is 11.1 Å². The Morgan fingerprint density at radius 3 is 2.46 bits per heavy atom. The number of nitriles is 1. The second kappa shape index (κ2) is 6.76. The lowest BCUT2D eigenvalue weighted by atomic mass is 10.0. The number of hydrogen-bond donors (Lipinski definition) is 1. The second-order valence-electron chi connectivity index (χ2n) is 5.66. The van der Waals surface area contributed by atoms with Crippen molar-refractivity contribution >= 4 is 11.6 Å². The highest BCUT2D eigenvalue weighted by atomic mass is 19.1. The zero-order chi connectivity index (χ0) is 18.8. The molecule has 0 bridgehead atoms. The van der Waals surface area contributed by atoms with Crippen LogP contribution in [0.2, 0.25) is 0 Å². The van der Waals surface area contributed by atoms with Crippen LogP contribution in [0.1, 0.15) is 21.6 Å². The average Bonchev–Trinajstić information content (AvgIpc) is 2.89. The lowest BCUT2D eigenvalue weighted by molar-refractivity contribution is 0.102. The number of aryl methyl sites for hydroxylation is 2. The molecule has 5 nitrogen and oxygen atoms in total. The van der Waals surface area contributed by atoms with Crippen LogP contribution in [0.5, 0.6) is 0 Å². The summed E-state index contributed by atoms with van der Waals surface area (Å²) in [6.07, 6.45) is 0. The normalized spacial score (nSPS) is 10.4. The molecule has 2 aromatic carbocycles. The van der Waals surface area contributed by atoms with E-state index in [-0.39, 0.29) is 22.5 Å². The Hall–Kier alpha value is -3.53. The molecule has 26 heavy (non-hydrogen) atoms. The van der Waals surface area contributed by atoms with Gasteiger partial charge in [0.15, 0.2) is 5.82 Å². The topological polar surface area (TPSA) is 70.7 Å². The van der Waals surface area contributed by atoms with E-state index >= 15 is 0 Å². The Bertz CT molecular complexity index is 1040. The van der Waals surface area contributed by atoms with Crippen LogP contribution in [0.25, 0.3) is 11.1 Å². The molecule has 0 saturated carbocycles. The predicted octanol–water partition coefficient (Wildman–Crippen LogP) is 3.80. The molecule has 1 N–H and O–H groups in total. The maximum Gasteiger partial charge on any atom is 0.262 e. The molecular weight excluding hydrogens is 338 g/mol.